The van der Waals surface area contributed by atoms with E-state index in [1.807, 2.05) is 18.2 Å². The first-order chi connectivity index (χ1) is 15.6. The Labute approximate surface area is 183 Å². The van der Waals surface area contributed by atoms with E-state index in [9.17, 15) is 14.4 Å². The lowest BCUT2D eigenvalue weighted by Gasteiger charge is -2.37. The van der Waals surface area contributed by atoms with Crippen LogP contribution in [0.3, 0.4) is 0 Å². The fraction of sp³-hybridized carbons (Fsp3) is 0.304. The predicted octanol–water partition coefficient (Wildman–Crippen LogP) is 0.907. The van der Waals surface area contributed by atoms with Crippen LogP contribution in [0.4, 0.5) is 0 Å². The number of carbonyl (C=O) groups excluding carboxylic acids is 2. The number of carbonyl (C=O) groups is 2. The van der Waals surface area contributed by atoms with Crippen LogP contribution in [0.25, 0.3) is 10.9 Å². The molecule has 0 spiro atoms. The number of fused-ring (bicyclic) bond motifs is 2. The van der Waals surface area contributed by atoms with Gasteiger partial charge in [-0.1, -0.05) is 24.3 Å². The van der Waals surface area contributed by atoms with E-state index in [1.54, 1.807) is 40.1 Å². The first kappa shape index (κ1) is 20.0. The van der Waals surface area contributed by atoms with Gasteiger partial charge in [0.2, 0.25) is 12.0 Å². The second-order valence-electron chi connectivity index (χ2n) is 7.77. The third kappa shape index (κ3) is 3.77. The zero-order valence-corrected chi connectivity index (χ0v) is 17.3. The van der Waals surface area contributed by atoms with Crippen LogP contribution in [-0.4, -0.2) is 70.1 Å². The highest BCUT2D eigenvalue weighted by atomic mass is 16.6. The molecule has 5 rings (SSSR count). The number of aromatic nitrogens is 2. The molecular weight excluding hydrogens is 412 g/mol. The number of piperazine rings is 1. The standard InChI is InChI=1S/C23H22N4O5/c28-21(13-27-15-24-17-6-2-1-5-16(17)22(27)29)25-9-11-26(12-10-25)23(30)20-14-31-18-7-3-4-8-19(18)32-20/h1-8,15,20H,9-14H2/t20-/m1/s1. The number of rotatable bonds is 3. The van der Waals surface area contributed by atoms with E-state index in [2.05, 4.69) is 4.98 Å². The number of para-hydroxylation sites is 3. The molecule has 32 heavy (non-hydrogen) atoms. The molecular formula is C23H22N4O5. The van der Waals surface area contributed by atoms with E-state index >= 15 is 0 Å². The number of amides is 2. The number of benzene rings is 2. The van der Waals surface area contributed by atoms with Crippen molar-refractivity contribution in [3.05, 3.63) is 65.2 Å². The fourth-order valence-electron chi connectivity index (χ4n) is 3.99. The maximum atomic E-state index is 12.9. The molecule has 3 aromatic rings. The molecule has 9 nitrogen and oxygen atoms in total. The molecule has 0 bridgehead atoms. The van der Waals surface area contributed by atoms with Crippen molar-refractivity contribution in [1.29, 1.82) is 0 Å². The number of ether oxygens (including phenoxy) is 2. The molecule has 0 aliphatic carbocycles. The Morgan fingerprint density at radius 1 is 0.938 bits per heavy atom. The van der Waals surface area contributed by atoms with Crippen LogP contribution in [0.2, 0.25) is 0 Å². The van der Waals surface area contributed by atoms with Gasteiger partial charge in [0.1, 0.15) is 13.2 Å². The lowest BCUT2D eigenvalue weighted by atomic mass is 10.2. The van der Waals surface area contributed by atoms with E-state index in [-0.39, 0.29) is 30.5 Å². The molecule has 1 fully saturated rings. The predicted molar refractivity (Wildman–Crippen MR) is 116 cm³/mol. The minimum atomic E-state index is -0.700. The van der Waals surface area contributed by atoms with E-state index in [0.717, 1.165) is 0 Å². The van der Waals surface area contributed by atoms with Gasteiger partial charge in [-0.05, 0) is 24.3 Å². The highest BCUT2D eigenvalue weighted by Crippen LogP contribution is 2.31. The minimum Gasteiger partial charge on any atom is -0.485 e. The highest BCUT2D eigenvalue weighted by molar-refractivity contribution is 5.83. The van der Waals surface area contributed by atoms with Crippen molar-refractivity contribution in [2.75, 3.05) is 32.8 Å². The zero-order valence-electron chi connectivity index (χ0n) is 17.3. The second kappa shape index (κ2) is 8.33. The van der Waals surface area contributed by atoms with Crippen molar-refractivity contribution >= 4 is 22.7 Å². The highest BCUT2D eigenvalue weighted by Gasteiger charge is 2.33. The molecule has 1 aromatic heterocycles. The monoisotopic (exact) mass is 434 g/mol. The number of hydrogen-bond acceptors (Lipinski definition) is 6. The molecule has 9 heteroatoms. The van der Waals surface area contributed by atoms with Crippen LogP contribution >= 0.6 is 0 Å². The van der Waals surface area contributed by atoms with Gasteiger partial charge in [0, 0.05) is 26.2 Å². The summed E-state index contributed by atoms with van der Waals surface area (Å²) in [5, 5.41) is 0.481. The van der Waals surface area contributed by atoms with E-state index in [1.165, 1.54) is 10.9 Å². The molecule has 0 saturated carbocycles. The zero-order chi connectivity index (χ0) is 22.1. The molecule has 2 aromatic carbocycles. The van der Waals surface area contributed by atoms with Crippen molar-refractivity contribution in [2.45, 2.75) is 12.6 Å². The maximum absolute atomic E-state index is 12.9. The van der Waals surface area contributed by atoms with Gasteiger partial charge in [-0.15, -0.1) is 0 Å². The van der Waals surface area contributed by atoms with E-state index < -0.39 is 6.10 Å². The Kier molecular flexibility index (Phi) is 5.22. The molecule has 2 aliphatic rings. The molecule has 0 radical (unpaired) electrons. The van der Waals surface area contributed by atoms with Gasteiger partial charge in [-0.3, -0.25) is 19.0 Å². The topological polar surface area (TPSA) is 94.0 Å². The first-order valence-electron chi connectivity index (χ1n) is 10.5. The summed E-state index contributed by atoms with van der Waals surface area (Å²) in [5.41, 5.74) is 0.359. The van der Waals surface area contributed by atoms with Crippen LogP contribution < -0.4 is 15.0 Å². The van der Waals surface area contributed by atoms with Crippen LogP contribution in [-0.2, 0) is 16.1 Å². The van der Waals surface area contributed by atoms with Gasteiger partial charge in [0.15, 0.2) is 11.5 Å². The molecule has 1 atom stereocenters. The first-order valence-corrected chi connectivity index (χ1v) is 10.5. The van der Waals surface area contributed by atoms with Crippen molar-refractivity contribution in [1.82, 2.24) is 19.4 Å². The van der Waals surface area contributed by atoms with Gasteiger partial charge in [-0.25, -0.2) is 4.98 Å². The third-order valence-electron chi connectivity index (χ3n) is 5.77. The summed E-state index contributed by atoms with van der Waals surface area (Å²) in [6, 6.07) is 14.3. The fourth-order valence-corrected chi connectivity index (χ4v) is 3.99. The van der Waals surface area contributed by atoms with Gasteiger partial charge in [0.05, 0.1) is 17.2 Å². The normalized spacial score (nSPS) is 17.9. The summed E-state index contributed by atoms with van der Waals surface area (Å²) in [7, 11) is 0. The summed E-state index contributed by atoms with van der Waals surface area (Å²) in [6.45, 7) is 1.66. The van der Waals surface area contributed by atoms with Gasteiger partial charge < -0.3 is 19.3 Å². The van der Waals surface area contributed by atoms with Gasteiger partial charge in [-0.2, -0.15) is 0 Å². The summed E-state index contributed by atoms with van der Waals surface area (Å²) in [6.07, 6.45) is 0.704. The molecule has 1 saturated heterocycles. The Hall–Kier alpha value is -3.88. The largest absolute Gasteiger partial charge is 0.485 e. The second-order valence-corrected chi connectivity index (χ2v) is 7.77. The van der Waals surface area contributed by atoms with Crippen molar-refractivity contribution in [2.24, 2.45) is 0 Å². The molecule has 164 valence electrons. The maximum Gasteiger partial charge on any atom is 0.267 e. The van der Waals surface area contributed by atoms with Crippen LogP contribution in [0.5, 0.6) is 11.5 Å². The Morgan fingerprint density at radius 3 is 2.44 bits per heavy atom. The average molecular weight is 434 g/mol. The van der Waals surface area contributed by atoms with E-state index in [0.29, 0.717) is 48.6 Å². The lowest BCUT2D eigenvalue weighted by molar-refractivity contribution is -0.146. The van der Waals surface area contributed by atoms with Crippen molar-refractivity contribution in [3.63, 3.8) is 0 Å². The SMILES string of the molecule is O=C(Cn1cnc2ccccc2c1=O)N1CCN(C(=O)[C@H]2COc3ccccc3O2)CC1. The van der Waals surface area contributed by atoms with Crippen molar-refractivity contribution in [3.8, 4) is 11.5 Å². The minimum absolute atomic E-state index is 0.0824. The third-order valence-corrected chi connectivity index (χ3v) is 5.77. The van der Waals surface area contributed by atoms with Crippen LogP contribution in [0.1, 0.15) is 0 Å². The number of nitrogens with zero attached hydrogens (tertiary/aromatic N) is 4. The molecule has 3 heterocycles. The summed E-state index contributed by atoms with van der Waals surface area (Å²) >= 11 is 0. The summed E-state index contributed by atoms with van der Waals surface area (Å²) in [4.78, 5) is 45.9. The van der Waals surface area contributed by atoms with Gasteiger partial charge >= 0.3 is 0 Å². The molecule has 2 aliphatic heterocycles. The smallest absolute Gasteiger partial charge is 0.267 e. The number of hydrogen-bond donors (Lipinski definition) is 0. The molecule has 0 N–H and O–H groups in total. The lowest BCUT2D eigenvalue weighted by Crippen LogP contribution is -2.55. The molecule has 0 unspecified atom stereocenters. The Balaban J connectivity index is 1.19. The van der Waals surface area contributed by atoms with Gasteiger partial charge in [0.25, 0.3) is 11.5 Å². The van der Waals surface area contributed by atoms with Crippen molar-refractivity contribution < 1.29 is 19.1 Å². The Morgan fingerprint density at radius 2 is 1.62 bits per heavy atom. The Bertz CT molecular complexity index is 1230. The average Bonchev–Trinajstić information content (AvgIpc) is 2.85. The summed E-state index contributed by atoms with van der Waals surface area (Å²) < 4.78 is 12.8. The molecule has 2 amide bonds. The quantitative estimate of drug-likeness (QED) is 0.608. The van der Waals surface area contributed by atoms with Crippen LogP contribution in [0.15, 0.2) is 59.7 Å². The van der Waals surface area contributed by atoms with Crippen LogP contribution in [0, 0.1) is 0 Å². The summed E-state index contributed by atoms with van der Waals surface area (Å²) in [5.74, 6) is 0.856. The van der Waals surface area contributed by atoms with E-state index in [4.69, 9.17) is 9.47 Å².